The van der Waals surface area contributed by atoms with Crippen molar-refractivity contribution in [1.82, 2.24) is 19.5 Å². The third-order valence-electron chi connectivity index (χ3n) is 13.6. The first kappa shape index (κ1) is 36.4. The Bertz CT molecular complexity index is 3860. The molecule has 0 saturated carbocycles. The fourth-order valence-corrected chi connectivity index (χ4v) is 10.4. The molecule has 64 heavy (non-hydrogen) atoms. The zero-order valence-electron chi connectivity index (χ0n) is 35.4. The Morgan fingerprint density at radius 1 is 0.344 bits per heavy atom. The molecule has 0 radical (unpaired) electrons. The van der Waals surface area contributed by atoms with Crippen LogP contribution < -0.4 is 0 Å². The molecule has 0 amide bonds. The molecule has 1 aliphatic carbocycles. The summed E-state index contributed by atoms with van der Waals surface area (Å²) in [6.07, 6.45) is 0. The smallest absolute Gasteiger partial charge is 0.238 e. The van der Waals surface area contributed by atoms with Crippen molar-refractivity contribution in [2.24, 2.45) is 0 Å². The molecule has 1 aliphatic rings. The molecule has 10 aromatic carbocycles. The van der Waals surface area contributed by atoms with Crippen LogP contribution in [0.5, 0.6) is 0 Å². The van der Waals surface area contributed by atoms with Gasteiger partial charge in [-0.1, -0.05) is 208 Å². The summed E-state index contributed by atoms with van der Waals surface area (Å²) < 4.78 is 2.32. The van der Waals surface area contributed by atoms with Crippen LogP contribution in [0, 0.1) is 0 Å². The monoisotopic (exact) mass is 816 g/mol. The highest BCUT2D eigenvalue weighted by atomic mass is 15.2. The van der Waals surface area contributed by atoms with Crippen molar-refractivity contribution >= 4 is 54.1 Å². The summed E-state index contributed by atoms with van der Waals surface area (Å²) in [5, 5.41) is 9.47. The third kappa shape index (κ3) is 5.52. The number of nitrogens with zero attached hydrogens (tertiary/aromatic N) is 4. The highest BCUT2D eigenvalue weighted by Crippen LogP contribution is 2.53. The van der Waals surface area contributed by atoms with Gasteiger partial charge in [-0.15, -0.1) is 0 Å². The van der Waals surface area contributed by atoms with Gasteiger partial charge in [0.15, 0.2) is 11.6 Å². The number of hydrogen-bond acceptors (Lipinski definition) is 3. The number of para-hydroxylation sites is 1. The molecule has 4 heteroatoms. The summed E-state index contributed by atoms with van der Waals surface area (Å²) in [5.41, 5.74) is 13.7. The van der Waals surface area contributed by atoms with Crippen molar-refractivity contribution in [3.05, 3.63) is 217 Å². The predicted octanol–water partition coefficient (Wildman–Crippen LogP) is 15.4. The second-order valence-electron chi connectivity index (χ2n) is 17.6. The lowest BCUT2D eigenvalue weighted by molar-refractivity contribution is 0.661. The molecule has 2 heterocycles. The molecule has 0 N–H and O–H groups in total. The molecule has 0 spiro atoms. The Morgan fingerprint density at radius 2 is 0.922 bits per heavy atom. The van der Waals surface area contributed by atoms with E-state index in [1.165, 1.54) is 44.0 Å². The average Bonchev–Trinajstić information content (AvgIpc) is 3.82. The van der Waals surface area contributed by atoms with Crippen LogP contribution in [0.15, 0.2) is 206 Å². The number of hydrogen-bond donors (Lipinski definition) is 0. The highest BCUT2D eigenvalue weighted by molar-refractivity contribution is 6.21. The van der Waals surface area contributed by atoms with E-state index in [0.717, 1.165) is 65.8 Å². The predicted molar refractivity (Wildman–Crippen MR) is 266 cm³/mol. The zero-order valence-corrected chi connectivity index (χ0v) is 35.4. The van der Waals surface area contributed by atoms with E-state index in [9.17, 15) is 0 Å². The molecule has 12 aromatic rings. The van der Waals surface area contributed by atoms with Crippen LogP contribution in [0.4, 0.5) is 0 Å². The summed E-state index contributed by atoms with van der Waals surface area (Å²) in [6.45, 7) is 4.74. The summed E-state index contributed by atoms with van der Waals surface area (Å²) in [6, 6.07) is 74.3. The van der Waals surface area contributed by atoms with Gasteiger partial charge in [0.05, 0.1) is 11.0 Å². The molecular weight excluding hydrogens is 777 g/mol. The van der Waals surface area contributed by atoms with E-state index < -0.39 is 0 Å². The molecule has 0 unspecified atom stereocenters. The topological polar surface area (TPSA) is 43.6 Å². The van der Waals surface area contributed by atoms with E-state index in [2.05, 4.69) is 219 Å². The Kier molecular flexibility index (Phi) is 7.92. The van der Waals surface area contributed by atoms with Gasteiger partial charge < -0.3 is 0 Å². The molecule has 0 aliphatic heterocycles. The minimum atomic E-state index is -0.185. The van der Waals surface area contributed by atoms with Crippen LogP contribution in [0.25, 0.3) is 116 Å². The quantitative estimate of drug-likeness (QED) is 0.174. The van der Waals surface area contributed by atoms with Crippen LogP contribution in [0.2, 0.25) is 0 Å². The number of aromatic nitrogens is 4. The van der Waals surface area contributed by atoms with Gasteiger partial charge in [-0.25, -0.2) is 4.98 Å². The van der Waals surface area contributed by atoms with Crippen LogP contribution >= 0.6 is 0 Å². The lowest BCUT2D eigenvalue weighted by atomic mass is 9.81. The van der Waals surface area contributed by atoms with Gasteiger partial charge in [0.25, 0.3) is 0 Å². The first-order valence-corrected chi connectivity index (χ1v) is 22.0. The number of benzene rings is 10. The van der Waals surface area contributed by atoms with Crippen molar-refractivity contribution in [1.29, 1.82) is 0 Å². The maximum absolute atomic E-state index is 5.46. The third-order valence-corrected chi connectivity index (χ3v) is 13.6. The Labute approximate surface area is 370 Å². The van der Waals surface area contributed by atoms with E-state index in [1.54, 1.807) is 0 Å². The summed E-state index contributed by atoms with van der Waals surface area (Å²) in [5.74, 6) is 1.81. The van der Waals surface area contributed by atoms with Crippen molar-refractivity contribution in [3.8, 4) is 62.1 Å². The molecule has 13 rings (SSSR count). The van der Waals surface area contributed by atoms with E-state index in [-0.39, 0.29) is 5.41 Å². The normalized spacial score (nSPS) is 13.0. The van der Waals surface area contributed by atoms with Gasteiger partial charge >= 0.3 is 0 Å². The minimum absolute atomic E-state index is 0.185. The second kappa shape index (κ2) is 13.9. The maximum Gasteiger partial charge on any atom is 0.238 e. The van der Waals surface area contributed by atoms with E-state index in [1.807, 2.05) is 6.07 Å². The van der Waals surface area contributed by atoms with Crippen LogP contribution in [0.1, 0.15) is 25.0 Å². The number of fused-ring (bicyclic) bond motifs is 11. The highest BCUT2D eigenvalue weighted by Gasteiger charge is 2.37. The molecule has 4 nitrogen and oxygen atoms in total. The van der Waals surface area contributed by atoms with Gasteiger partial charge in [-0.3, -0.25) is 4.57 Å². The second-order valence-corrected chi connectivity index (χ2v) is 17.6. The lowest BCUT2D eigenvalue weighted by Gasteiger charge is -2.22. The Balaban J connectivity index is 1.09. The molecule has 0 atom stereocenters. The van der Waals surface area contributed by atoms with E-state index >= 15 is 0 Å². The maximum atomic E-state index is 5.46. The standard InChI is InChI=1S/C60H40N4/c1-60(2)52-34-31-40-16-8-10-19-46(40)54(52)51-33-30-44(36-53(51)60)48-21-12-22-49-50-32-29-41-17-9-11-20-47(41)55(50)64(56(48)49)59-62-57(42-26-23-39(24-27-42)37-13-4-3-5-14-37)61-58(63-59)45-28-25-38-15-6-7-18-43(38)35-45/h3-36H,1-2H3. The molecule has 0 bridgehead atoms. The van der Waals surface area contributed by atoms with Gasteiger partial charge in [-0.05, 0) is 78.0 Å². The molecule has 0 fully saturated rings. The van der Waals surface area contributed by atoms with Crippen molar-refractivity contribution in [2.45, 2.75) is 19.3 Å². The largest absolute Gasteiger partial charge is 0.277 e. The Morgan fingerprint density at radius 3 is 1.73 bits per heavy atom. The molecule has 2 aromatic heterocycles. The molecule has 300 valence electrons. The zero-order chi connectivity index (χ0) is 42.5. The summed E-state index contributed by atoms with van der Waals surface area (Å²) in [4.78, 5) is 16.2. The van der Waals surface area contributed by atoms with Crippen molar-refractivity contribution < 1.29 is 0 Å². The fourth-order valence-electron chi connectivity index (χ4n) is 10.4. The van der Waals surface area contributed by atoms with Gasteiger partial charge in [0.1, 0.15) is 0 Å². The first-order valence-electron chi connectivity index (χ1n) is 22.0. The van der Waals surface area contributed by atoms with Gasteiger partial charge in [0.2, 0.25) is 5.95 Å². The van der Waals surface area contributed by atoms with Crippen LogP contribution in [-0.2, 0) is 5.41 Å². The summed E-state index contributed by atoms with van der Waals surface area (Å²) in [7, 11) is 0. The average molecular weight is 817 g/mol. The number of rotatable bonds is 5. The molecular formula is C60H40N4. The van der Waals surface area contributed by atoms with Crippen molar-refractivity contribution in [3.63, 3.8) is 0 Å². The summed E-state index contributed by atoms with van der Waals surface area (Å²) >= 11 is 0. The van der Waals surface area contributed by atoms with Crippen LogP contribution in [0.3, 0.4) is 0 Å². The van der Waals surface area contributed by atoms with E-state index in [4.69, 9.17) is 15.0 Å². The van der Waals surface area contributed by atoms with Crippen molar-refractivity contribution in [2.75, 3.05) is 0 Å². The van der Waals surface area contributed by atoms with Crippen LogP contribution in [-0.4, -0.2) is 19.5 Å². The Hall–Kier alpha value is -8.21. The lowest BCUT2D eigenvalue weighted by Crippen LogP contribution is -2.15. The van der Waals surface area contributed by atoms with Gasteiger partial charge in [-0.2, -0.15) is 9.97 Å². The van der Waals surface area contributed by atoms with Gasteiger partial charge in [0, 0.05) is 38.3 Å². The fraction of sp³-hybridized carbons (Fsp3) is 0.0500. The SMILES string of the molecule is CC1(C)c2cc(-c3cccc4c5ccc6ccccc6c5n(-c5nc(-c6ccc(-c7ccccc7)cc6)nc(-c6ccc7ccccc7c6)n5)c34)ccc2-c2c1ccc1ccccc21. The first-order chi connectivity index (χ1) is 31.5. The minimum Gasteiger partial charge on any atom is -0.277 e. The molecule has 0 saturated heterocycles. The van der Waals surface area contributed by atoms with E-state index in [0.29, 0.717) is 17.6 Å².